The summed E-state index contributed by atoms with van der Waals surface area (Å²) in [6, 6.07) is 0. The van der Waals surface area contributed by atoms with E-state index in [1.165, 1.54) is 25.3 Å². The van der Waals surface area contributed by atoms with E-state index < -0.39 is 5.97 Å². The molecule has 0 aromatic rings. The van der Waals surface area contributed by atoms with Crippen LogP contribution < -0.4 is 0 Å². The number of unbranched alkanes of at least 4 members (excludes halogenated alkanes) is 3. The van der Waals surface area contributed by atoms with Crippen LogP contribution in [-0.2, 0) is 19.0 Å². The van der Waals surface area contributed by atoms with Crippen LogP contribution in [0.25, 0.3) is 0 Å². The van der Waals surface area contributed by atoms with Crippen molar-refractivity contribution in [3.8, 4) is 0 Å². The van der Waals surface area contributed by atoms with Gasteiger partial charge in [0.2, 0.25) is 0 Å². The van der Waals surface area contributed by atoms with Crippen molar-refractivity contribution in [2.75, 3.05) is 26.4 Å². The molecule has 2 heterocycles. The minimum atomic E-state index is -0.910. The van der Waals surface area contributed by atoms with Gasteiger partial charge < -0.3 is 19.3 Å². The molecule has 2 rings (SSSR count). The van der Waals surface area contributed by atoms with Crippen molar-refractivity contribution >= 4 is 5.97 Å². The van der Waals surface area contributed by atoms with Crippen molar-refractivity contribution in [3.63, 3.8) is 0 Å². The van der Waals surface area contributed by atoms with E-state index in [-0.39, 0.29) is 0 Å². The van der Waals surface area contributed by atoms with Crippen molar-refractivity contribution in [1.82, 2.24) is 0 Å². The highest BCUT2D eigenvalue weighted by molar-refractivity contribution is 5.79. The average molecular weight is 340 g/mol. The van der Waals surface area contributed by atoms with Gasteiger partial charge in [-0.25, -0.2) is 4.79 Å². The van der Waals surface area contributed by atoms with E-state index in [4.69, 9.17) is 19.3 Å². The smallest absolute Gasteiger partial charge is 0.327 e. The van der Waals surface area contributed by atoms with E-state index in [1.54, 1.807) is 6.08 Å². The fraction of sp³-hybridized carbons (Fsp3) is 0.842. The van der Waals surface area contributed by atoms with Crippen LogP contribution in [0.5, 0.6) is 0 Å². The largest absolute Gasteiger partial charge is 0.478 e. The number of aliphatic carboxylic acids is 1. The first kappa shape index (κ1) is 19.4. The molecule has 2 aliphatic rings. The summed E-state index contributed by atoms with van der Waals surface area (Å²) in [6.45, 7) is 5.09. The number of carbonyl (C=O) groups is 1. The summed E-state index contributed by atoms with van der Waals surface area (Å²) < 4.78 is 17.7. The second-order valence-corrected chi connectivity index (χ2v) is 6.86. The van der Waals surface area contributed by atoms with E-state index in [0.717, 1.165) is 32.5 Å². The highest BCUT2D eigenvalue weighted by Crippen LogP contribution is 2.43. The van der Waals surface area contributed by atoms with Crippen LogP contribution in [-0.4, -0.2) is 49.7 Å². The second kappa shape index (κ2) is 10.9. The van der Waals surface area contributed by atoms with Crippen LogP contribution in [0.3, 0.4) is 0 Å². The van der Waals surface area contributed by atoms with Crippen LogP contribution in [0.15, 0.2) is 12.2 Å². The molecule has 2 aliphatic heterocycles. The van der Waals surface area contributed by atoms with Crippen LogP contribution >= 0.6 is 0 Å². The zero-order valence-corrected chi connectivity index (χ0v) is 14.8. The minimum absolute atomic E-state index is 0.318. The third-order valence-corrected chi connectivity index (χ3v) is 5.04. The number of carboxylic acid groups (broad SMARTS) is 1. The highest BCUT2D eigenvalue weighted by atomic mass is 16.5. The van der Waals surface area contributed by atoms with Gasteiger partial charge in [-0.15, -0.1) is 0 Å². The molecule has 24 heavy (non-hydrogen) atoms. The monoisotopic (exact) mass is 340 g/mol. The lowest BCUT2D eigenvalue weighted by atomic mass is 9.80. The molecule has 138 valence electrons. The van der Waals surface area contributed by atoms with E-state index in [0.29, 0.717) is 43.7 Å². The predicted molar refractivity (Wildman–Crippen MR) is 92.0 cm³/mol. The molecule has 0 aromatic heterocycles. The number of hydrogen-bond donors (Lipinski definition) is 1. The van der Waals surface area contributed by atoms with Crippen LogP contribution in [0.1, 0.15) is 51.9 Å². The fourth-order valence-corrected chi connectivity index (χ4v) is 3.74. The molecule has 0 radical (unpaired) electrons. The maximum Gasteiger partial charge on any atom is 0.327 e. The van der Waals surface area contributed by atoms with Gasteiger partial charge in [0.1, 0.15) is 0 Å². The molecular formula is C19H32O5. The maximum atomic E-state index is 10.4. The third-order valence-electron chi connectivity index (χ3n) is 5.04. The summed E-state index contributed by atoms with van der Waals surface area (Å²) in [7, 11) is 0. The Morgan fingerprint density at radius 2 is 1.75 bits per heavy atom. The van der Waals surface area contributed by atoms with Crippen LogP contribution in [0.2, 0.25) is 0 Å². The van der Waals surface area contributed by atoms with Gasteiger partial charge in [0.05, 0.1) is 32.0 Å². The van der Waals surface area contributed by atoms with Gasteiger partial charge in [-0.3, -0.25) is 0 Å². The van der Waals surface area contributed by atoms with E-state index in [1.807, 2.05) is 0 Å². The highest BCUT2D eigenvalue weighted by Gasteiger charge is 2.48. The standard InChI is InChI=1S/C19H32O5/c1-2-3-4-6-11-22-13-15-16(18-10-9-17(15)24-18)14-23-12-7-5-8-19(20)21/h5,8,15-18H,2-4,6-7,9-14H2,1H3,(H,20,21)/b8-5+/t15-,16+,17-,18+/m1/s1. The first-order valence-corrected chi connectivity index (χ1v) is 9.42. The topological polar surface area (TPSA) is 65.0 Å². The molecular weight excluding hydrogens is 308 g/mol. The van der Waals surface area contributed by atoms with Crippen LogP contribution in [0.4, 0.5) is 0 Å². The van der Waals surface area contributed by atoms with Crippen molar-refractivity contribution in [2.45, 2.75) is 64.1 Å². The summed E-state index contributed by atoms with van der Waals surface area (Å²) >= 11 is 0. The van der Waals surface area contributed by atoms with Crippen molar-refractivity contribution < 1.29 is 24.1 Å². The number of carboxylic acids is 1. The zero-order valence-electron chi connectivity index (χ0n) is 14.8. The van der Waals surface area contributed by atoms with E-state index >= 15 is 0 Å². The molecule has 2 bridgehead atoms. The molecule has 0 saturated carbocycles. The lowest BCUT2D eigenvalue weighted by molar-refractivity contribution is -0.131. The Bertz CT molecular complexity index is 395. The number of rotatable bonds is 13. The first-order chi connectivity index (χ1) is 11.7. The molecule has 4 atom stereocenters. The summed E-state index contributed by atoms with van der Waals surface area (Å²) in [5, 5.41) is 8.54. The normalized spacial score (nSPS) is 28.9. The van der Waals surface area contributed by atoms with Gasteiger partial charge in [-0.05, 0) is 25.7 Å². The second-order valence-electron chi connectivity index (χ2n) is 6.86. The molecule has 2 fully saturated rings. The number of hydrogen-bond acceptors (Lipinski definition) is 4. The third kappa shape index (κ3) is 6.19. The summed E-state index contributed by atoms with van der Waals surface area (Å²) in [5.41, 5.74) is 0. The van der Waals surface area contributed by atoms with Crippen molar-refractivity contribution in [3.05, 3.63) is 12.2 Å². The molecule has 0 amide bonds. The molecule has 0 aromatic carbocycles. The Balaban J connectivity index is 1.63. The molecule has 0 aliphatic carbocycles. The van der Waals surface area contributed by atoms with Gasteiger partial charge >= 0.3 is 5.97 Å². The van der Waals surface area contributed by atoms with Crippen LogP contribution in [0, 0.1) is 11.8 Å². The lowest BCUT2D eigenvalue weighted by Crippen LogP contribution is -2.34. The first-order valence-electron chi connectivity index (χ1n) is 9.42. The molecule has 0 spiro atoms. The Labute approximate surface area is 145 Å². The zero-order chi connectivity index (χ0) is 17.2. The molecule has 0 unspecified atom stereocenters. The summed E-state index contributed by atoms with van der Waals surface area (Å²) in [6.07, 6.45) is 11.3. The summed E-state index contributed by atoms with van der Waals surface area (Å²) in [5.74, 6) is -0.0417. The number of ether oxygens (including phenoxy) is 3. The molecule has 5 nitrogen and oxygen atoms in total. The Morgan fingerprint density at radius 1 is 1.08 bits per heavy atom. The Kier molecular flexibility index (Phi) is 8.78. The van der Waals surface area contributed by atoms with E-state index in [9.17, 15) is 4.79 Å². The molecule has 2 saturated heterocycles. The molecule has 5 heteroatoms. The molecule has 1 N–H and O–H groups in total. The predicted octanol–water partition coefficient (Wildman–Crippen LogP) is 3.42. The van der Waals surface area contributed by atoms with Gasteiger partial charge in [0.25, 0.3) is 0 Å². The minimum Gasteiger partial charge on any atom is -0.478 e. The van der Waals surface area contributed by atoms with Gasteiger partial charge in [-0.1, -0.05) is 32.3 Å². The lowest BCUT2D eigenvalue weighted by Gasteiger charge is -2.27. The Hall–Kier alpha value is -0.910. The van der Waals surface area contributed by atoms with Gasteiger partial charge in [0, 0.05) is 24.5 Å². The maximum absolute atomic E-state index is 10.4. The van der Waals surface area contributed by atoms with Crippen molar-refractivity contribution in [2.24, 2.45) is 11.8 Å². The van der Waals surface area contributed by atoms with E-state index in [2.05, 4.69) is 6.92 Å². The van der Waals surface area contributed by atoms with Crippen molar-refractivity contribution in [1.29, 1.82) is 0 Å². The van der Waals surface area contributed by atoms with Gasteiger partial charge in [-0.2, -0.15) is 0 Å². The Morgan fingerprint density at radius 3 is 2.38 bits per heavy atom. The quantitative estimate of drug-likeness (QED) is 0.411. The summed E-state index contributed by atoms with van der Waals surface area (Å²) in [4.78, 5) is 10.4. The van der Waals surface area contributed by atoms with Gasteiger partial charge in [0.15, 0.2) is 0 Å². The average Bonchev–Trinajstić information content (AvgIpc) is 3.15. The number of fused-ring (bicyclic) bond motifs is 2. The fourth-order valence-electron chi connectivity index (χ4n) is 3.74. The SMILES string of the molecule is CCCCCCOC[C@@H]1[C@H](COCC/C=C/C(=O)O)[C@@H]2CC[C@H]1O2.